The Morgan fingerprint density at radius 1 is 0.875 bits per heavy atom. The van der Waals surface area contributed by atoms with E-state index < -0.39 is 8.25 Å². The van der Waals surface area contributed by atoms with E-state index >= 15 is 0 Å². The second-order valence-electron chi connectivity index (χ2n) is 1.55. The molecule has 16 heavy (non-hydrogen) atoms. The van der Waals surface area contributed by atoms with Crippen molar-refractivity contribution in [3.8, 4) is 0 Å². The zero-order chi connectivity index (χ0) is 12.5. The van der Waals surface area contributed by atoms with Gasteiger partial charge in [-0.15, -0.1) is 9.05 Å². The van der Waals surface area contributed by atoms with Gasteiger partial charge in [-0.2, -0.15) is 0 Å². The van der Waals surface area contributed by atoms with Crippen LogP contribution in [0, 0.1) is 45.4 Å². The molecule has 0 heterocycles. The van der Waals surface area contributed by atoms with Gasteiger partial charge < -0.3 is 0 Å². The van der Waals surface area contributed by atoms with Gasteiger partial charge in [0.15, 0.2) is 0 Å². The van der Waals surface area contributed by atoms with E-state index in [-0.39, 0.29) is 17.1 Å². The molecule has 0 N–H and O–H groups in total. The Kier molecular flexibility index (Phi) is 46.0. The summed E-state index contributed by atoms with van der Waals surface area (Å²) < 4.78 is 33.3. The van der Waals surface area contributed by atoms with E-state index in [0.29, 0.717) is 0 Å². The maximum atomic E-state index is 9.88. The average Bonchev–Trinajstić information content (AvgIpc) is 2.92. The fourth-order valence-electron chi connectivity index (χ4n) is 0.395. The van der Waals surface area contributed by atoms with Gasteiger partial charge in [0, 0.05) is 21.6 Å². The summed E-state index contributed by atoms with van der Waals surface area (Å²) in [4.78, 5) is 0. The van der Waals surface area contributed by atoms with Crippen LogP contribution >= 0.6 is 8.25 Å². The first-order valence-electron chi connectivity index (χ1n) is 3.44. The van der Waals surface area contributed by atoms with Crippen molar-refractivity contribution in [3.05, 3.63) is 45.4 Å². The summed E-state index contributed by atoms with van der Waals surface area (Å²) in [5, 5.41) is 0. The first-order chi connectivity index (χ1) is 7.31. The van der Waals surface area contributed by atoms with Crippen LogP contribution in [0.4, 0.5) is 0 Å². The average molecular weight is 286 g/mol. The largest absolute Gasteiger partial charge is 0.0312 e. The van der Waals surface area contributed by atoms with Crippen LogP contribution in [0.1, 0.15) is 0 Å². The molecule has 1 aliphatic carbocycles. The molecular weight excluding hydrogens is 275 g/mol. The summed E-state index contributed by atoms with van der Waals surface area (Å²) in [7, 11) is 0.817. The fourth-order valence-corrected chi connectivity index (χ4v) is 0.544. The first-order valence-corrected chi connectivity index (χ1v) is 4.53. The molecule has 0 saturated heterocycles. The Bertz CT molecular complexity index is 148. The van der Waals surface area contributed by atoms with Gasteiger partial charge in [0.05, 0.1) is 14.2 Å². The molecule has 1 fully saturated rings. The summed E-state index contributed by atoms with van der Waals surface area (Å²) in [6.45, 7) is 9.00. The van der Waals surface area contributed by atoms with Crippen LogP contribution in [0.5, 0.6) is 0 Å². The van der Waals surface area contributed by atoms with Crippen LogP contribution in [0.15, 0.2) is 0 Å². The summed E-state index contributed by atoms with van der Waals surface area (Å²) in [6, 6.07) is 0. The Morgan fingerprint density at radius 3 is 1.12 bits per heavy atom. The van der Waals surface area contributed by atoms with Gasteiger partial charge in [0.2, 0.25) is 0 Å². The molecule has 7 heteroatoms. The predicted molar refractivity (Wildman–Crippen MR) is 51.0 cm³/mol. The van der Waals surface area contributed by atoms with Crippen molar-refractivity contribution in [2.75, 3.05) is 14.2 Å². The van der Waals surface area contributed by atoms with Crippen LogP contribution in [0.25, 0.3) is 0 Å². The fraction of sp³-hybridized carbons (Fsp3) is 0.222. The van der Waals surface area contributed by atoms with Gasteiger partial charge in [0.1, 0.15) is 0 Å². The Balaban J connectivity index is -0.0000000658. The van der Waals surface area contributed by atoms with E-state index in [0.717, 1.165) is 0 Å². The number of hydrogen-bond donors (Lipinski definition) is 0. The van der Waals surface area contributed by atoms with Crippen molar-refractivity contribution in [2.45, 2.75) is 0 Å². The molecule has 5 nitrogen and oxygen atoms in total. The van der Waals surface area contributed by atoms with Gasteiger partial charge in [-0.1, -0.05) is 0 Å². The van der Waals surface area contributed by atoms with Crippen LogP contribution in [0.2, 0.25) is 0 Å². The zero-order valence-electron chi connectivity index (χ0n) is 8.73. The molecule has 1 aliphatic rings. The van der Waals surface area contributed by atoms with Crippen LogP contribution in [0.3, 0.4) is 0 Å². The molecular formula is C9H11FeO5P+. The van der Waals surface area contributed by atoms with Gasteiger partial charge in [0.25, 0.3) is 0 Å². The van der Waals surface area contributed by atoms with Crippen molar-refractivity contribution in [3.63, 3.8) is 0 Å². The maximum absolute atomic E-state index is 9.88. The van der Waals surface area contributed by atoms with Crippen molar-refractivity contribution >= 4 is 8.25 Å². The van der Waals surface area contributed by atoms with Gasteiger partial charge in [-0.05, 0) is 32.1 Å². The molecule has 0 aromatic carbocycles. The SMILES string of the molecule is CO[P+](=O)OC.[C-]#[O+].[C-]#[O+].[CH]1[CH][CH][CH][CH]1.[Fe]. The molecule has 0 atom stereocenters. The van der Waals surface area contributed by atoms with Crippen LogP contribution < -0.4 is 0 Å². The third-order valence-electron chi connectivity index (χ3n) is 0.854. The van der Waals surface area contributed by atoms with E-state index in [1.54, 1.807) is 0 Å². The normalized spacial score (nSPS) is 10.9. The molecule has 1 rings (SSSR count). The standard InChI is InChI=1S/C5H5.C2H6O3P.2CO.Fe/c1-2-4-5-3-1;1-4-6(3)5-2;2*1-2;/h1-5H;1-2H3;;;/q;+1;;;. The molecule has 0 amide bonds. The molecule has 0 unspecified atom stereocenters. The summed E-state index contributed by atoms with van der Waals surface area (Å²) in [6.07, 6.45) is 10.0. The quantitative estimate of drug-likeness (QED) is 0.336. The van der Waals surface area contributed by atoms with E-state index in [2.05, 4.69) is 22.3 Å². The molecule has 0 aromatic rings. The number of hydrogen-bond acceptors (Lipinski definition) is 3. The Labute approximate surface area is 108 Å². The third kappa shape index (κ3) is 29.2. The Hall–Kier alpha value is 0.0195. The Morgan fingerprint density at radius 2 is 1.06 bits per heavy atom. The van der Waals surface area contributed by atoms with Crippen LogP contribution in [-0.4, -0.2) is 14.2 Å². The molecule has 0 bridgehead atoms. The summed E-state index contributed by atoms with van der Waals surface area (Å²) in [5.41, 5.74) is 0. The zero-order valence-corrected chi connectivity index (χ0v) is 10.7. The van der Waals surface area contributed by atoms with Gasteiger partial charge in [-0.3, -0.25) is 0 Å². The molecule has 0 aliphatic heterocycles. The molecule has 89 valence electrons. The first kappa shape index (κ1) is 25.0. The second-order valence-corrected chi connectivity index (χ2v) is 2.73. The van der Waals surface area contributed by atoms with Crippen molar-refractivity contribution in [1.29, 1.82) is 0 Å². The van der Waals surface area contributed by atoms with E-state index in [9.17, 15) is 4.57 Å². The third-order valence-corrected chi connectivity index (χ3v) is 1.45. The molecule has 5 radical (unpaired) electrons. The number of rotatable bonds is 2. The maximum Gasteiger partial charge on any atom is 0 e. The van der Waals surface area contributed by atoms with E-state index in [1.807, 2.05) is 32.1 Å². The van der Waals surface area contributed by atoms with E-state index in [4.69, 9.17) is 9.30 Å². The summed E-state index contributed by atoms with van der Waals surface area (Å²) >= 11 is 0. The van der Waals surface area contributed by atoms with Crippen LogP contribution in [-0.2, 0) is 40.0 Å². The minimum atomic E-state index is -1.83. The second kappa shape index (κ2) is 29.4. The van der Waals surface area contributed by atoms with Crippen molar-refractivity contribution in [1.82, 2.24) is 0 Å². The monoisotopic (exact) mass is 286 g/mol. The predicted octanol–water partition coefficient (Wildman–Crippen LogP) is 1.88. The molecule has 0 aromatic heterocycles. The smallest absolute Gasteiger partial charge is 0 e. The molecule has 0 spiro atoms. The minimum Gasteiger partial charge on any atom is -0.0312 e. The summed E-state index contributed by atoms with van der Waals surface area (Å²) in [5.74, 6) is 0. The van der Waals surface area contributed by atoms with Gasteiger partial charge in [-0.25, -0.2) is 0 Å². The van der Waals surface area contributed by atoms with E-state index in [1.165, 1.54) is 14.2 Å². The van der Waals surface area contributed by atoms with Crippen molar-refractivity contribution in [2.24, 2.45) is 0 Å². The van der Waals surface area contributed by atoms with Gasteiger partial charge >= 0.3 is 30.9 Å². The topological polar surface area (TPSA) is 75.3 Å². The molecule has 1 saturated carbocycles. The van der Waals surface area contributed by atoms with Crippen molar-refractivity contribution < 1.29 is 40.0 Å². The minimum absolute atomic E-state index is 0.